The zero-order chi connectivity index (χ0) is 12.1. The number of piperazine rings is 1. The Hall–Kier alpha value is -1.07. The summed E-state index contributed by atoms with van der Waals surface area (Å²) in [6.07, 6.45) is 2.89. The van der Waals surface area contributed by atoms with Gasteiger partial charge in [-0.1, -0.05) is 0 Å². The van der Waals surface area contributed by atoms with Gasteiger partial charge in [0.1, 0.15) is 0 Å². The highest BCUT2D eigenvalue weighted by atomic mass is 19.3. The Morgan fingerprint density at radius 1 is 1.24 bits per heavy atom. The van der Waals surface area contributed by atoms with Crippen molar-refractivity contribution < 1.29 is 8.78 Å². The van der Waals surface area contributed by atoms with Gasteiger partial charge in [-0.3, -0.25) is 9.88 Å². The van der Waals surface area contributed by atoms with Crippen molar-refractivity contribution in [3.63, 3.8) is 0 Å². The van der Waals surface area contributed by atoms with Gasteiger partial charge in [0, 0.05) is 45.0 Å². The zero-order valence-corrected chi connectivity index (χ0v) is 9.70. The number of halogens is 2. The first kappa shape index (κ1) is 12.4. The van der Waals surface area contributed by atoms with Gasteiger partial charge in [0.05, 0.1) is 6.54 Å². The number of pyridine rings is 1. The van der Waals surface area contributed by atoms with E-state index in [0.717, 1.165) is 13.1 Å². The number of nitrogens with zero attached hydrogens (tertiary/aromatic N) is 2. The third-order valence-corrected chi connectivity index (χ3v) is 2.88. The summed E-state index contributed by atoms with van der Waals surface area (Å²) in [5.74, 6) is -2.67. The molecule has 3 nitrogen and oxygen atoms in total. The molecule has 0 aliphatic carbocycles. The molecule has 1 aromatic heterocycles. The Labute approximate surface area is 99.8 Å². The van der Waals surface area contributed by atoms with Crippen molar-refractivity contribution >= 4 is 0 Å². The molecule has 2 rings (SSSR count). The molecule has 1 saturated heterocycles. The van der Waals surface area contributed by atoms with Crippen molar-refractivity contribution in [2.75, 3.05) is 32.7 Å². The summed E-state index contributed by atoms with van der Waals surface area (Å²) in [5, 5.41) is 3.16. The van der Waals surface area contributed by atoms with Crippen LogP contribution in [-0.4, -0.2) is 48.5 Å². The Bertz CT molecular complexity index is 337. The summed E-state index contributed by atoms with van der Waals surface area (Å²) in [6, 6.07) is 3.29. The van der Waals surface area contributed by atoms with Crippen molar-refractivity contribution in [1.82, 2.24) is 15.2 Å². The van der Waals surface area contributed by atoms with Crippen LogP contribution in [0.2, 0.25) is 0 Å². The Balaban J connectivity index is 1.89. The lowest BCUT2D eigenvalue weighted by Gasteiger charge is -2.30. The molecular formula is C12H17F2N3. The van der Waals surface area contributed by atoms with Crippen LogP contribution in [0.25, 0.3) is 0 Å². The van der Waals surface area contributed by atoms with Crippen LogP contribution < -0.4 is 5.32 Å². The summed E-state index contributed by atoms with van der Waals surface area (Å²) >= 11 is 0. The first-order valence-corrected chi connectivity index (χ1v) is 5.85. The van der Waals surface area contributed by atoms with Gasteiger partial charge in [0.25, 0.3) is 5.92 Å². The highest BCUT2D eigenvalue weighted by molar-refractivity contribution is 5.12. The lowest BCUT2D eigenvalue weighted by Crippen LogP contribution is -2.48. The predicted molar refractivity (Wildman–Crippen MR) is 62.2 cm³/mol. The molecule has 0 bridgehead atoms. The second-order valence-electron chi connectivity index (χ2n) is 4.41. The van der Waals surface area contributed by atoms with E-state index in [0.29, 0.717) is 18.7 Å². The van der Waals surface area contributed by atoms with Crippen molar-refractivity contribution in [2.45, 2.75) is 12.3 Å². The Kier molecular flexibility index (Phi) is 4.02. The predicted octanol–water partition coefficient (Wildman–Crippen LogP) is 1.16. The third kappa shape index (κ3) is 4.02. The Morgan fingerprint density at radius 2 is 1.88 bits per heavy atom. The summed E-state index contributed by atoms with van der Waals surface area (Å²) in [5.41, 5.74) is 0.639. The molecule has 1 N–H and O–H groups in total. The molecule has 94 valence electrons. The van der Waals surface area contributed by atoms with Crippen LogP contribution >= 0.6 is 0 Å². The fourth-order valence-electron chi connectivity index (χ4n) is 2.05. The van der Waals surface area contributed by atoms with Crippen LogP contribution in [0.3, 0.4) is 0 Å². The van der Waals surface area contributed by atoms with E-state index in [1.54, 1.807) is 24.5 Å². The number of aromatic nitrogens is 1. The first-order valence-electron chi connectivity index (χ1n) is 5.85. The summed E-state index contributed by atoms with van der Waals surface area (Å²) in [6.45, 7) is 2.84. The number of hydrogen-bond acceptors (Lipinski definition) is 3. The molecule has 0 saturated carbocycles. The molecule has 1 aliphatic rings. The monoisotopic (exact) mass is 241 g/mol. The molecular weight excluding hydrogens is 224 g/mol. The lowest BCUT2D eigenvalue weighted by atomic mass is 10.1. The normalized spacial score (nSPS) is 18.2. The first-order chi connectivity index (χ1) is 8.16. The molecule has 17 heavy (non-hydrogen) atoms. The van der Waals surface area contributed by atoms with Crippen LogP contribution in [-0.2, 0) is 6.42 Å². The molecule has 0 radical (unpaired) electrons. The molecule has 2 heterocycles. The fraction of sp³-hybridized carbons (Fsp3) is 0.583. The molecule has 0 unspecified atom stereocenters. The van der Waals surface area contributed by atoms with Crippen molar-refractivity contribution in [1.29, 1.82) is 0 Å². The summed E-state index contributed by atoms with van der Waals surface area (Å²) < 4.78 is 27.6. The van der Waals surface area contributed by atoms with E-state index in [9.17, 15) is 8.78 Å². The maximum Gasteiger partial charge on any atom is 0.264 e. The highest BCUT2D eigenvalue weighted by Crippen LogP contribution is 2.21. The minimum atomic E-state index is -2.67. The third-order valence-electron chi connectivity index (χ3n) is 2.88. The quantitative estimate of drug-likeness (QED) is 0.857. The largest absolute Gasteiger partial charge is 0.314 e. The second-order valence-corrected chi connectivity index (χ2v) is 4.41. The molecule has 0 amide bonds. The maximum absolute atomic E-state index is 13.8. The average molecular weight is 241 g/mol. The van der Waals surface area contributed by atoms with Gasteiger partial charge in [-0.15, -0.1) is 0 Å². The molecule has 5 heteroatoms. The second kappa shape index (κ2) is 5.51. The minimum absolute atomic E-state index is 0.156. The number of alkyl halides is 2. The number of hydrogen-bond donors (Lipinski definition) is 1. The van der Waals surface area contributed by atoms with E-state index in [1.165, 1.54) is 0 Å². The van der Waals surface area contributed by atoms with Gasteiger partial charge >= 0.3 is 0 Å². The topological polar surface area (TPSA) is 28.2 Å². The number of rotatable bonds is 4. The van der Waals surface area contributed by atoms with Crippen LogP contribution in [0.5, 0.6) is 0 Å². The van der Waals surface area contributed by atoms with E-state index >= 15 is 0 Å². The van der Waals surface area contributed by atoms with Crippen LogP contribution in [0.15, 0.2) is 24.5 Å². The molecule has 1 aliphatic heterocycles. The van der Waals surface area contributed by atoms with Crippen LogP contribution in [0.4, 0.5) is 8.78 Å². The van der Waals surface area contributed by atoms with Crippen molar-refractivity contribution in [2.24, 2.45) is 0 Å². The Morgan fingerprint density at radius 3 is 2.53 bits per heavy atom. The van der Waals surface area contributed by atoms with Gasteiger partial charge in [-0.2, -0.15) is 0 Å². The zero-order valence-electron chi connectivity index (χ0n) is 9.70. The van der Waals surface area contributed by atoms with Gasteiger partial charge in [0.15, 0.2) is 0 Å². The molecule has 0 spiro atoms. The van der Waals surface area contributed by atoms with Crippen molar-refractivity contribution in [3.8, 4) is 0 Å². The summed E-state index contributed by atoms with van der Waals surface area (Å²) in [4.78, 5) is 5.64. The van der Waals surface area contributed by atoms with E-state index in [4.69, 9.17) is 0 Å². The summed E-state index contributed by atoms with van der Waals surface area (Å²) in [7, 11) is 0. The SMILES string of the molecule is FC(F)(Cc1ccncc1)CN1CCNCC1. The van der Waals surface area contributed by atoms with E-state index in [1.807, 2.05) is 4.90 Å². The van der Waals surface area contributed by atoms with Gasteiger partial charge in [0.2, 0.25) is 0 Å². The fourth-order valence-corrected chi connectivity index (χ4v) is 2.05. The van der Waals surface area contributed by atoms with E-state index in [-0.39, 0.29) is 13.0 Å². The van der Waals surface area contributed by atoms with Gasteiger partial charge in [-0.25, -0.2) is 8.78 Å². The molecule has 1 fully saturated rings. The minimum Gasteiger partial charge on any atom is -0.314 e. The molecule has 0 aromatic carbocycles. The van der Waals surface area contributed by atoms with Gasteiger partial charge < -0.3 is 5.32 Å². The van der Waals surface area contributed by atoms with Crippen LogP contribution in [0.1, 0.15) is 5.56 Å². The standard InChI is InChI=1S/C12H17F2N3/c13-12(14,9-11-1-3-15-4-2-11)10-17-7-5-16-6-8-17/h1-4,16H,5-10H2. The van der Waals surface area contributed by atoms with E-state index in [2.05, 4.69) is 10.3 Å². The van der Waals surface area contributed by atoms with E-state index < -0.39 is 5.92 Å². The number of nitrogens with one attached hydrogen (secondary N) is 1. The van der Waals surface area contributed by atoms with Crippen molar-refractivity contribution in [3.05, 3.63) is 30.1 Å². The highest BCUT2D eigenvalue weighted by Gasteiger charge is 2.32. The lowest BCUT2D eigenvalue weighted by molar-refractivity contribution is -0.0337. The smallest absolute Gasteiger partial charge is 0.264 e. The average Bonchev–Trinajstić information content (AvgIpc) is 2.30. The van der Waals surface area contributed by atoms with Crippen LogP contribution in [0, 0.1) is 0 Å². The molecule has 1 aromatic rings. The van der Waals surface area contributed by atoms with Gasteiger partial charge in [-0.05, 0) is 17.7 Å². The molecule has 0 atom stereocenters. The maximum atomic E-state index is 13.8.